The van der Waals surface area contributed by atoms with Gasteiger partial charge in [0, 0.05) is 10.3 Å². The zero-order chi connectivity index (χ0) is 22.3. The van der Waals surface area contributed by atoms with Gasteiger partial charge in [0.2, 0.25) is 5.91 Å². The molecule has 1 unspecified atom stereocenters. The van der Waals surface area contributed by atoms with E-state index in [0.29, 0.717) is 0 Å². The molecule has 0 saturated carbocycles. The minimum Gasteiger partial charge on any atom is -0.479 e. The van der Waals surface area contributed by atoms with Gasteiger partial charge in [-0.15, -0.1) is 0 Å². The Balaban J connectivity index is 2.19. The van der Waals surface area contributed by atoms with Crippen molar-refractivity contribution in [3.8, 4) is 0 Å². The Morgan fingerprint density at radius 1 is 0.839 bits per heavy atom. The molecule has 0 aliphatic rings. The molecule has 0 saturated heterocycles. The average molecular weight is 433 g/mol. The summed E-state index contributed by atoms with van der Waals surface area (Å²) in [6, 6.07) is 28.2. The smallest absolute Gasteiger partial charge is 0.331 e. The molecule has 6 heteroatoms. The molecule has 0 aliphatic carbocycles. The lowest BCUT2D eigenvalue weighted by atomic mass is 9.66. The van der Waals surface area contributed by atoms with Crippen LogP contribution < -0.4 is 11.1 Å². The summed E-state index contributed by atoms with van der Waals surface area (Å²) in [5.74, 6) is -1.78. The topological polar surface area (TPSA) is 92.4 Å². The van der Waals surface area contributed by atoms with Gasteiger partial charge in [0.15, 0.2) is 6.04 Å². The van der Waals surface area contributed by atoms with E-state index in [1.54, 1.807) is 0 Å². The average Bonchev–Trinajstić information content (AvgIpc) is 2.82. The summed E-state index contributed by atoms with van der Waals surface area (Å²) in [4.78, 5) is 24.0. The molecule has 31 heavy (non-hydrogen) atoms. The van der Waals surface area contributed by atoms with Gasteiger partial charge in [0.1, 0.15) is 0 Å². The minimum absolute atomic E-state index is 0.211. The van der Waals surface area contributed by atoms with Crippen molar-refractivity contribution in [2.24, 2.45) is 5.73 Å². The van der Waals surface area contributed by atoms with Crippen LogP contribution in [-0.2, 0) is 15.0 Å². The van der Waals surface area contributed by atoms with Gasteiger partial charge in [-0.3, -0.25) is 4.79 Å². The highest BCUT2D eigenvalue weighted by atomic mass is 32.1. The van der Waals surface area contributed by atoms with Crippen LogP contribution in [0.2, 0.25) is 0 Å². The van der Waals surface area contributed by atoms with Crippen LogP contribution in [0, 0.1) is 0 Å². The molecule has 4 N–H and O–H groups in total. The third kappa shape index (κ3) is 4.87. The fourth-order valence-corrected chi connectivity index (χ4v) is 4.21. The first kappa shape index (κ1) is 22.3. The highest BCUT2D eigenvalue weighted by molar-refractivity contribution is 7.80. The molecule has 1 amide bonds. The summed E-state index contributed by atoms with van der Waals surface area (Å²) in [6.45, 7) is -0.312. The molecule has 3 aromatic rings. The highest BCUT2D eigenvalue weighted by Gasteiger charge is 2.40. The van der Waals surface area contributed by atoms with E-state index in [1.165, 1.54) is 0 Å². The van der Waals surface area contributed by atoms with Gasteiger partial charge in [0.05, 0.1) is 6.54 Å². The number of thiocarbonyl (C=S) groups is 1. The number of amides is 1. The number of hydrogen-bond donors (Lipinski definition) is 3. The molecular weight excluding hydrogens is 408 g/mol. The summed E-state index contributed by atoms with van der Waals surface area (Å²) in [5, 5.41) is 12.2. The first-order chi connectivity index (χ1) is 15.0. The third-order valence-electron chi connectivity index (χ3n) is 5.30. The number of carboxylic acids is 1. The Bertz CT molecular complexity index is 943. The molecule has 3 rings (SSSR count). The van der Waals surface area contributed by atoms with Gasteiger partial charge in [-0.05, 0) is 23.1 Å². The lowest BCUT2D eigenvalue weighted by Crippen LogP contribution is -2.49. The largest absolute Gasteiger partial charge is 0.479 e. The Labute approximate surface area is 186 Å². The molecule has 158 valence electrons. The Kier molecular flexibility index (Phi) is 7.28. The Morgan fingerprint density at radius 2 is 1.23 bits per heavy atom. The molecule has 1 atom stereocenters. The molecule has 0 spiro atoms. The Morgan fingerprint density at radius 3 is 1.55 bits per heavy atom. The summed E-state index contributed by atoms with van der Waals surface area (Å²) >= 11 is 5.63. The molecule has 0 aromatic heterocycles. The second kappa shape index (κ2) is 10.1. The predicted molar refractivity (Wildman–Crippen MR) is 125 cm³/mol. The van der Waals surface area contributed by atoms with Gasteiger partial charge in [0.25, 0.3) is 0 Å². The second-order valence-electron chi connectivity index (χ2n) is 7.19. The van der Waals surface area contributed by atoms with Crippen molar-refractivity contribution < 1.29 is 14.7 Å². The zero-order valence-corrected chi connectivity index (χ0v) is 17.7. The summed E-state index contributed by atoms with van der Waals surface area (Å²) in [5.41, 5.74) is 7.57. The third-order valence-corrected chi connectivity index (χ3v) is 5.68. The molecule has 0 bridgehead atoms. The highest BCUT2D eigenvalue weighted by Crippen LogP contribution is 2.42. The van der Waals surface area contributed by atoms with Crippen LogP contribution in [0.15, 0.2) is 91.0 Å². The van der Waals surface area contributed by atoms with Crippen LogP contribution in [0.25, 0.3) is 0 Å². The number of nitrogens with two attached hydrogens (primary N) is 1. The van der Waals surface area contributed by atoms with Crippen molar-refractivity contribution in [2.45, 2.75) is 17.9 Å². The number of carboxylic acid groups (broad SMARTS) is 1. The van der Waals surface area contributed by atoms with Crippen molar-refractivity contribution in [1.29, 1.82) is 0 Å². The number of carbonyl (C=O) groups is 2. The molecule has 5 nitrogen and oxygen atoms in total. The van der Waals surface area contributed by atoms with Crippen LogP contribution in [0.1, 0.15) is 23.1 Å². The predicted octanol–water partition coefficient (Wildman–Crippen LogP) is 3.31. The number of nitrogens with one attached hydrogen (secondary N) is 1. The molecule has 0 fully saturated rings. The fraction of sp³-hybridized carbons (Fsp3) is 0.160. The van der Waals surface area contributed by atoms with E-state index in [2.05, 4.69) is 5.32 Å². The van der Waals surface area contributed by atoms with Crippen LogP contribution in [0.3, 0.4) is 0 Å². The lowest BCUT2D eigenvalue weighted by molar-refractivity contribution is -0.139. The van der Waals surface area contributed by atoms with Gasteiger partial charge < -0.3 is 16.2 Å². The van der Waals surface area contributed by atoms with Crippen molar-refractivity contribution in [3.05, 3.63) is 108 Å². The quantitative estimate of drug-likeness (QED) is 0.356. The minimum atomic E-state index is -1.32. The number of benzene rings is 3. The van der Waals surface area contributed by atoms with E-state index in [-0.39, 0.29) is 17.8 Å². The zero-order valence-electron chi connectivity index (χ0n) is 16.9. The number of rotatable bonds is 9. The van der Waals surface area contributed by atoms with Gasteiger partial charge in [-0.25, -0.2) is 4.79 Å². The van der Waals surface area contributed by atoms with E-state index in [0.717, 1.165) is 16.7 Å². The van der Waals surface area contributed by atoms with Gasteiger partial charge in [-0.2, -0.15) is 0 Å². The van der Waals surface area contributed by atoms with E-state index >= 15 is 0 Å². The molecule has 0 radical (unpaired) electrons. The summed E-state index contributed by atoms with van der Waals surface area (Å²) < 4.78 is 0. The van der Waals surface area contributed by atoms with Gasteiger partial charge in [-0.1, -0.05) is 103 Å². The van der Waals surface area contributed by atoms with Crippen molar-refractivity contribution in [1.82, 2.24) is 5.32 Å². The van der Waals surface area contributed by atoms with Gasteiger partial charge >= 0.3 is 5.97 Å². The first-order valence-electron chi connectivity index (χ1n) is 9.90. The molecule has 0 heterocycles. The van der Waals surface area contributed by atoms with Crippen LogP contribution in [0.5, 0.6) is 0 Å². The Hall–Kier alpha value is -3.35. The summed E-state index contributed by atoms with van der Waals surface area (Å²) in [7, 11) is 0. The monoisotopic (exact) mass is 432 g/mol. The van der Waals surface area contributed by atoms with Crippen LogP contribution in [-0.4, -0.2) is 34.4 Å². The second-order valence-corrected chi connectivity index (χ2v) is 7.71. The molecule has 0 aliphatic heterocycles. The van der Waals surface area contributed by atoms with Crippen LogP contribution in [0.4, 0.5) is 0 Å². The fourth-order valence-electron chi connectivity index (χ4n) is 3.84. The maximum absolute atomic E-state index is 11.9. The molecular formula is C25H24N2O3S. The number of carbonyl (C=O) groups excluding carboxylic acids is 1. The van der Waals surface area contributed by atoms with E-state index < -0.39 is 23.3 Å². The van der Waals surface area contributed by atoms with Crippen molar-refractivity contribution in [3.63, 3.8) is 0 Å². The number of aliphatic carboxylic acids is 1. The molecule has 3 aromatic carbocycles. The van der Waals surface area contributed by atoms with E-state index in [9.17, 15) is 14.7 Å². The maximum Gasteiger partial charge on any atom is 0.331 e. The standard InChI is InChI=1S/C25H24N2O3S/c26-17-22(28)27-23(24(29)30)21(31)16-25(18-10-4-1-5-11-18,19-12-6-2-7-13-19)20-14-8-3-9-15-20/h1-15,23H,16-17,26H2,(H,27,28)(H,29,30). The number of hydrogen-bond acceptors (Lipinski definition) is 4. The normalized spacial score (nSPS) is 12.0. The van der Waals surface area contributed by atoms with Crippen molar-refractivity contribution in [2.75, 3.05) is 6.54 Å². The maximum atomic E-state index is 11.9. The van der Waals surface area contributed by atoms with Crippen molar-refractivity contribution >= 4 is 29.0 Å². The summed E-state index contributed by atoms with van der Waals surface area (Å²) in [6.07, 6.45) is 0.211. The van der Waals surface area contributed by atoms with E-state index in [4.69, 9.17) is 18.0 Å². The van der Waals surface area contributed by atoms with E-state index in [1.807, 2.05) is 91.0 Å². The van der Waals surface area contributed by atoms with Crippen LogP contribution >= 0.6 is 12.2 Å². The first-order valence-corrected chi connectivity index (χ1v) is 10.3. The SMILES string of the molecule is NCC(=O)NC(C(=O)O)C(=S)CC(c1ccccc1)(c1ccccc1)c1ccccc1. The lowest BCUT2D eigenvalue weighted by Gasteiger charge is -2.37.